The molecule has 0 radical (unpaired) electrons. The van der Waals surface area contributed by atoms with Crippen molar-refractivity contribution in [3.63, 3.8) is 0 Å². The molecule has 0 unspecified atom stereocenters. The Morgan fingerprint density at radius 3 is 2.81 bits per heavy atom. The van der Waals surface area contributed by atoms with Crippen molar-refractivity contribution >= 4 is 39.8 Å². The maximum absolute atomic E-state index is 12.2. The van der Waals surface area contributed by atoms with Crippen molar-refractivity contribution < 1.29 is 23.5 Å². The molecule has 8 heteroatoms. The molecule has 0 aliphatic heterocycles. The first-order valence-corrected chi connectivity index (χ1v) is 8.70. The number of thiophene rings is 1. The quantitative estimate of drug-likeness (QED) is 0.621. The zero-order valence-corrected chi connectivity index (χ0v) is 15.2. The number of hydrogen-bond donors (Lipinski definition) is 1. The van der Waals surface area contributed by atoms with Crippen LogP contribution in [0, 0.1) is 0 Å². The Morgan fingerprint density at radius 2 is 2.08 bits per heavy atom. The van der Waals surface area contributed by atoms with Gasteiger partial charge in [-0.05, 0) is 42.5 Å². The Kier molecular flexibility index (Phi) is 5.60. The number of anilines is 1. The lowest BCUT2D eigenvalue weighted by molar-refractivity contribution is 0.0476. The largest absolute Gasteiger partial charge is 0.496 e. The average molecular weight is 392 g/mol. The number of furan rings is 1. The zero-order valence-electron chi connectivity index (χ0n) is 13.7. The summed E-state index contributed by atoms with van der Waals surface area (Å²) >= 11 is 7.07. The third kappa shape index (κ3) is 4.25. The molecule has 134 valence electrons. The summed E-state index contributed by atoms with van der Waals surface area (Å²) in [6.07, 6.45) is 1.41. The van der Waals surface area contributed by atoms with Gasteiger partial charge in [-0.3, -0.25) is 4.79 Å². The molecule has 6 nitrogen and oxygen atoms in total. The molecule has 0 spiro atoms. The molecular formula is C18H14ClNO5S. The topological polar surface area (TPSA) is 77.8 Å². The van der Waals surface area contributed by atoms with Crippen LogP contribution < -0.4 is 10.1 Å². The van der Waals surface area contributed by atoms with E-state index in [1.807, 2.05) is 0 Å². The maximum Gasteiger partial charge on any atom is 0.348 e. The van der Waals surface area contributed by atoms with E-state index in [-0.39, 0.29) is 18.3 Å². The third-order valence-corrected chi connectivity index (χ3v) is 4.61. The first-order valence-electron chi connectivity index (χ1n) is 7.51. The number of methoxy groups -OCH3 is 1. The van der Waals surface area contributed by atoms with Crippen LogP contribution in [0.2, 0.25) is 5.02 Å². The minimum atomic E-state index is -0.504. The number of amides is 1. The first-order chi connectivity index (χ1) is 12.6. The van der Waals surface area contributed by atoms with Crippen LogP contribution in [0.3, 0.4) is 0 Å². The van der Waals surface area contributed by atoms with Gasteiger partial charge in [0, 0.05) is 10.6 Å². The number of carbonyl (C=O) groups is 2. The summed E-state index contributed by atoms with van der Waals surface area (Å²) in [5, 5.41) is 3.70. The summed E-state index contributed by atoms with van der Waals surface area (Å²) in [5.41, 5.74) is 0.663. The van der Waals surface area contributed by atoms with E-state index in [0.29, 0.717) is 26.2 Å². The Morgan fingerprint density at radius 1 is 1.23 bits per heavy atom. The Bertz CT molecular complexity index is 920. The zero-order chi connectivity index (χ0) is 18.5. The van der Waals surface area contributed by atoms with Crippen molar-refractivity contribution in [3.8, 4) is 5.75 Å². The number of esters is 1. The standard InChI is InChI=1S/C18H14ClNO5S/c1-23-13-5-4-12(19)9-11(13)10-25-18(22)15-6-7-16(26-15)20-17(21)14-3-2-8-24-14/h2-9H,10H2,1H3,(H,20,21). The van der Waals surface area contributed by atoms with Gasteiger partial charge < -0.3 is 19.2 Å². The monoisotopic (exact) mass is 391 g/mol. The number of benzene rings is 1. The molecule has 2 heterocycles. The van der Waals surface area contributed by atoms with E-state index in [2.05, 4.69) is 5.32 Å². The molecule has 26 heavy (non-hydrogen) atoms. The van der Waals surface area contributed by atoms with Crippen LogP contribution in [0.25, 0.3) is 0 Å². The van der Waals surface area contributed by atoms with Crippen molar-refractivity contribution in [2.24, 2.45) is 0 Å². The second-order valence-corrected chi connectivity index (χ2v) is 6.65. The van der Waals surface area contributed by atoms with Gasteiger partial charge in [0.1, 0.15) is 17.2 Å². The highest BCUT2D eigenvalue weighted by molar-refractivity contribution is 7.18. The molecule has 0 aliphatic carbocycles. The SMILES string of the molecule is COc1ccc(Cl)cc1COC(=O)c1ccc(NC(=O)c2ccco2)s1. The van der Waals surface area contributed by atoms with Gasteiger partial charge in [0.25, 0.3) is 5.91 Å². The number of carbonyl (C=O) groups excluding carboxylic acids is 2. The molecule has 0 atom stereocenters. The Hall–Kier alpha value is -2.77. The van der Waals surface area contributed by atoms with Crippen LogP contribution in [0.5, 0.6) is 5.75 Å². The van der Waals surface area contributed by atoms with E-state index >= 15 is 0 Å². The molecule has 0 saturated heterocycles. The van der Waals surface area contributed by atoms with Crippen LogP contribution in [0.15, 0.2) is 53.1 Å². The van der Waals surface area contributed by atoms with Crippen LogP contribution >= 0.6 is 22.9 Å². The van der Waals surface area contributed by atoms with Gasteiger partial charge in [0.2, 0.25) is 0 Å². The molecule has 1 N–H and O–H groups in total. The summed E-state index contributed by atoms with van der Waals surface area (Å²) in [4.78, 5) is 24.5. The maximum atomic E-state index is 12.2. The smallest absolute Gasteiger partial charge is 0.348 e. The predicted molar refractivity (Wildman–Crippen MR) is 98.1 cm³/mol. The summed E-state index contributed by atoms with van der Waals surface area (Å²) < 4.78 is 15.5. The lowest BCUT2D eigenvalue weighted by Crippen LogP contribution is -2.09. The first kappa shape index (κ1) is 18.0. The van der Waals surface area contributed by atoms with E-state index in [9.17, 15) is 9.59 Å². The fourth-order valence-electron chi connectivity index (χ4n) is 2.17. The van der Waals surface area contributed by atoms with Gasteiger partial charge in [-0.25, -0.2) is 4.79 Å². The van der Waals surface area contributed by atoms with Crippen LogP contribution in [-0.2, 0) is 11.3 Å². The highest BCUT2D eigenvalue weighted by Crippen LogP contribution is 2.26. The molecule has 1 aromatic carbocycles. The fraction of sp³-hybridized carbons (Fsp3) is 0.111. The second kappa shape index (κ2) is 8.07. The summed E-state index contributed by atoms with van der Waals surface area (Å²) in [6.45, 7) is 0.0224. The molecule has 0 bridgehead atoms. The van der Waals surface area contributed by atoms with Gasteiger partial charge in [-0.1, -0.05) is 11.6 Å². The van der Waals surface area contributed by atoms with Crippen LogP contribution in [0.4, 0.5) is 5.00 Å². The number of ether oxygens (including phenoxy) is 2. The van der Waals surface area contributed by atoms with E-state index in [1.54, 1.807) is 42.5 Å². The molecule has 2 aromatic heterocycles. The Labute approximate surface area is 158 Å². The molecule has 0 aliphatic rings. The van der Waals surface area contributed by atoms with Crippen LogP contribution in [0.1, 0.15) is 25.8 Å². The molecule has 0 saturated carbocycles. The highest BCUT2D eigenvalue weighted by atomic mass is 35.5. The number of hydrogen-bond acceptors (Lipinski definition) is 6. The van der Waals surface area contributed by atoms with Crippen molar-refractivity contribution in [3.05, 3.63) is 70.0 Å². The van der Waals surface area contributed by atoms with Gasteiger partial charge in [0.15, 0.2) is 5.76 Å². The van der Waals surface area contributed by atoms with Crippen LogP contribution in [-0.4, -0.2) is 19.0 Å². The van der Waals surface area contributed by atoms with E-state index in [0.717, 1.165) is 11.3 Å². The second-order valence-electron chi connectivity index (χ2n) is 5.13. The fourth-order valence-corrected chi connectivity index (χ4v) is 3.16. The van der Waals surface area contributed by atoms with Gasteiger partial charge >= 0.3 is 5.97 Å². The highest BCUT2D eigenvalue weighted by Gasteiger charge is 2.15. The van der Waals surface area contributed by atoms with Gasteiger partial charge in [-0.15, -0.1) is 11.3 Å². The van der Waals surface area contributed by atoms with Gasteiger partial charge in [-0.2, -0.15) is 0 Å². The summed E-state index contributed by atoms with van der Waals surface area (Å²) in [7, 11) is 1.53. The van der Waals surface area contributed by atoms with Crippen molar-refractivity contribution in [2.45, 2.75) is 6.61 Å². The number of nitrogens with one attached hydrogen (secondary N) is 1. The van der Waals surface area contributed by atoms with E-state index in [1.165, 1.54) is 13.4 Å². The van der Waals surface area contributed by atoms with Crippen molar-refractivity contribution in [2.75, 3.05) is 12.4 Å². The molecule has 0 fully saturated rings. The number of rotatable bonds is 6. The van der Waals surface area contributed by atoms with Gasteiger partial charge in [0.05, 0.1) is 18.4 Å². The van der Waals surface area contributed by atoms with E-state index < -0.39 is 5.97 Å². The van der Waals surface area contributed by atoms with E-state index in [4.69, 9.17) is 25.5 Å². The minimum absolute atomic E-state index is 0.0224. The average Bonchev–Trinajstić information content (AvgIpc) is 3.31. The predicted octanol–water partition coefficient (Wildman–Crippen LogP) is 4.61. The summed E-state index contributed by atoms with van der Waals surface area (Å²) in [6, 6.07) is 11.5. The normalized spacial score (nSPS) is 10.4. The minimum Gasteiger partial charge on any atom is -0.496 e. The third-order valence-electron chi connectivity index (χ3n) is 3.39. The molecule has 1 amide bonds. The number of halogens is 1. The molecule has 3 aromatic rings. The molecular weight excluding hydrogens is 378 g/mol. The van der Waals surface area contributed by atoms with Crippen molar-refractivity contribution in [1.29, 1.82) is 0 Å². The Balaban J connectivity index is 1.62. The lowest BCUT2D eigenvalue weighted by atomic mass is 10.2. The summed E-state index contributed by atoms with van der Waals surface area (Å²) in [5.74, 6) is -0.119. The lowest BCUT2D eigenvalue weighted by Gasteiger charge is -2.09. The van der Waals surface area contributed by atoms with Crippen molar-refractivity contribution in [1.82, 2.24) is 0 Å². The molecule has 3 rings (SSSR count).